The minimum absolute atomic E-state index is 0.0469. The highest BCUT2D eigenvalue weighted by molar-refractivity contribution is 5.84. The van der Waals surface area contributed by atoms with E-state index in [1.807, 2.05) is 14.1 Å². The topological polar surface area (TPSA) is 47.3 Å². The van der Waals surface area contributed by atoms with Crippen LogP contribution < -0.4 is 0 Å². The third-order valence-electron chi connectivity index (χ3n) is 3.00. The Morgan fingerprint density at radius 1 is 1.53 bits per heavy atom. The summed E-state index contributed by atoms with van der Waals surface area (Å²) in [6, 6.07) is 2.49. The van der Waals surface area contributed by atoms with Crippen molar-refractivity contribution >= 4 is 5.91 Å². The van der Waals surface area contributed by atoms with Gasteiger partial charge in [0.05, 0.1) is 6.07 Å². The van der Waals surface area contributed by atoms with Crippen LogP contribution in [0.1, 0.15) is 20.3 Å². The number of carbonyl (C=O) groups is 1. The van der Waals surface area contributed by atoms with E-state index in [-0.39, 0.29) is 5.91 Å². The number of nitriles is 1. The maximum Gasteiger partial charge on any atom is 0.242 e. The summed E-state index contributed by atoms with van der Waals surface area (Å²) in [6.45, 7) is 4.88. The lowest BCUT2D eigenvalue weighted by atomic mass is 9.94. The van der Waals surface area contributed by atoms with Gasteiger partial charge in [-0.1, -0.05) is 0 Å². The monoisotopic (exact) mass is 209 g/mol. The van der Waals surface area contributed by atoms with E-state index in [0.717, 1.165) is 19.5 Å². The first-order valence-electron chi connectivity index (χ1n) is 5.25. The fourth-order valence-electron chi connectivity index (χ4n) is 1.79. The molecule has 1 aliphatic heterocycles. The summed E-state index contributed by atoms with van der Waals surface area (Å²) < 4.78 is 0. The Bertz CT molecular complexity index is 291. The molecule has 0 aliphatic carbocycles. The molecule has 84 valence electrons. The van der Waals surface area contributed by atoms with Crippen LogP contribution in [-0.4, -0.2) is 48.9 Å². The summed E-state index contributed by atoms with van der Waals surface area (Å²) in [7, 11) is 4.04. The van der Waals surface area contributed by atoms with Crippen LogP contribution in [0.15, 0.2) is 0 Å². The molecular weight excluding hydrogens is 190 g/mol. The Hall–Kier alpha value is -1.08. The molecule has 0 N–H and O–H groups in total. The van der Waals surface area contributed by atoms with E-state index in [1.165, 1.54) is 0 Å². The lowest BCUT2D eigenvalue weighted by molar-refractivity contribution is -0.136. The third kappa shape index (κ3) is 2.48. The normalized spacial score (nSPS) is 21.9. The van der Waals surface area contributed by atoms with Gasteiger partial charge < -0.3 is 9.80 Å². The van der Waals surface area contributed by atoms with Gasteiger partial charge in [-0.05, 0) is 34.4 Å². The van der Waals surface area contributed by atoms with Gasteiger partial charge in [0.2, 0.25) is 5.91 Å². The van der Waals surface area contributed by atoms with Gasteiger partial charge in [-0.25, -0.2) is 0 Å². The largest absolute Gasteiger partial charge is 0.340 e. The predicted molar refractivity (Wildman–Crippen MR) is 58.1 cm³/mol. The molecule has 0 aromatic heterocycles. The van der Waals surface area contributed by atoms with Crippen molar-refractivity contribution in [1.29, 1.82) is 5.26 Å². The van der Waals surface area contributed by atoms with Crippen molar-refractivity contribution in [3.8, 4) is 6.07 Å². The summed E-state index contributed by atoms with van der Waals surface area (Å²) in [5.41, 5.74) is -0.888. The Kier molecular flexibility index (Phi) is 3.35. The first-order chi connectivity index (χ1) is 6.88. The molecule has 0 radical (unpaired) electrons. The van der Waals surface area contributed by atoms with Crippen molar-refractivity contribution < 1.29 is 4.79 Å². The van der Waals surface area contributed by atoms with Gasteiger partial charge in [-0.15, -0.1) is 0 Å². The van der Waals surface area contributed by atoms with Gasteiger partial charge in [0.25, 0.3) is 0 Å². The van der Waals surface area contributed by atoms with E-state index < -0.39 is 5.41 Å². The number of likely N-dealkylation sites (N-methyl/N-ethyl adjacent to an activating group) is 1. The van der Waals surface area contributed by atoms with Crippen LogP contribution in [0.2, 0.25) is 0 Å². The first-order valence-corrected chi connectivity index (χ1v) is 5.25. The van der Waals surface area contributed by atoms with E-state index in [9.17, 15) is 4.79 Å². The van der Waals surface area contributed by atoms with E-state index in [2.05, 4.69) is 11.0 Å². The van der Waals surface area contributed by atoms with Crippen LogP contribution in [0, 0.1) is 16.7 Å². The highest BCUT2D eigenvalue weighted by atomic mass is 16.2. The molecule has 0 bridgehead atoms. The summed E-state index contributed by atoms with van der Waals surface area (Å²) in [6.07, 6.45) is 1.00. The van der Waals surface area contributed by atoms with Crippen molar-refractivity contribution in [2.75, 3.05) is 27.2 Å². The quantitative estimate of drug-likeness (QED) is 0.672. The minimum Gasteiger partial charge on any atom is -0.340 e. The van der Waals surface area contributed by atoms with Gasteiger partial charge >= 0.3 is 0 Å². The Morgan fingerprint density at radius 2 is 2.13 bits per heavy atom. The molecule has 4 nitrogen and oxygen atoms in total. The van der Waals surface area contributed by atoms with Crippen LogP contribution in [0.25, 0.3) is 0 Å². The first kappa shape index (κ1) is 12.0. The second-order valence-corrected chi connectivity index (χ2v) is 4.89. The standard InChI is InChI=1S/C11H19N3O/c1-11(2,8-12)10(15)14-6-5-9(7-14)13(3)4/h9H,5-7H2,1-4H3. The van der Waals surface area contributed by atoms with Crippen molar-refractivity contribution in [2.45, 2.75) is 26.3 Å². The number of carbonyl (C=O) groups excluding carboxylic acids is 1. The Morgan fingerprint density at radius 3 is 2.53 bits per heavy atom. The van der Waals surface area contributed by atoms with Gasteiger partial charge in [0.1, 0.15) is 5.41 Å². The highest BCUT2D eigenvalue weighted by Gasteiger charge is 2.36. The maximum absolute atomic E-state index is 12.0. The Balaban J connectivity index is 2.63. The SMILES string of the molecule is CN(C)C1CCN(C(=O)C(C)(C)C#N)C1. The average molecular weight is 209 g/mol. The number of hydrogen-bond acceptors (Lipinski definition) is 3. The van der Waals surface area contributed by atoms with Crippen LogP contribution in [0.4, 0.5) is 0 Å². The van der Waals surface area contributed by atoms with Crippen LogP contribution in [0.3, 0.4) is 0 Å². The molecule has 0 saturated carbocycles. The zero-order chi connectivity index (χ0) is 11.6. The molecule has 15 heavy (non-hydrogen) atoms. The van der Waals surface area contributed by atoms with Crippen molar-refractivity contribution in [3.05, 3.63) is 0 Å². The number of hydrogen-bond donors (Lipinski definition) is 0. The lowest BCUT2D eigenvalue weighted by Crippen LogP contribution is -2.40. The average Bonchev–Trinajstić information content (AvgIpc) is 2.65. The molecule has 1 atom stereocenters. The van der Waals surface area contributed by atoms with Gasteiger partial charge in [-0.3, -0.25) is 4.79 Å². The summed E-state index contributed by atoms with van der Waals surface area (Å²) >= 11 is 0. The number of nitrogens with zero attached hydrogens (tertiary/aromatic N) is 3. The molecule has 4 heteroatoms. The second kappa shape index (κ2) is 4.19. The fraction of sp³-hybridized carbons (Fsp3) is 0.818. The predicted octanol–water partition coefficient (Wildman–Crippen LogP) is 0.699. The number of rotatable bonds is 2. The van der Waals surface area contributed by atoms with Gasteiger partial charge in [0, 0.05) is 19.1 Å². The molecule has 0 aromatic carbocycles. The molecule has 0 spiro atoms. The van der Waals surface area contributed by atoms with Gasteiger partial charge in [-0.2, -0.15) is 5.26 Å². The smallest absolute Gasteiger partial charge is 0.242 e. The number of amides is 1. The Labute approximate surface area is 91.5 Å². The summed E-state index contributed by atoms with van der Waals surface area (Å²) in [5.74, 6) is -0.0469. The van der Waals surface area contributed by atoms with E-state index in [1.54, 1.807) is 18.7 Å². The van der Waals surface area contributed by atoms with Crippen LogP contribution in [-0.2, 0) is 4.79 Å². The molecular formula is C11H19N3O. The molecule has 1 rings (SSSR count). The van der Waals surface area contributed by atoms with E-state index in [0.29, 0.717) is 6.04 Å². The summed E-state index contributed by atoms with van der Waals surface area (Å²) in [5, 5.41) is 8.89. The molecule has 1 amide bonds. The van der Waals surface area contributed by atoms with Crippen molar-refractivity contribution in [1.82, 2.24) is 9.80 Å². The molecule has 1 saturated heterocycles. The van der Waals surface area contributed by atoms with Crippen molar-refractivity contribution in [2.24, 2.45) is 5.41 Å². The van der Waals surface area contributed by atoms with Crippen molar-refractivity contribution in [3.63, 3.8) is 0 Å². The zero-order valence-electron chi connectivity index (χ0n) is 9.95. The zero-order valence-corrected chi connectivity index (χ0v) is 9.95. The van der Waals surface area contributed by atoms with Crippen LogP contribution >= 0.6 is 0 Å². The lowest BCUT2D eigenvalue weighted by Gasteiger charge is -2.24. The molecule has 0 aromatic rings. The molecule has 1 unspecified atom stereocenters. The molecule has 1 fully saturated rings. The second-order valence-electron chi connectivity index (χ2n) is 4.89. The fourth-order valence-corrected chi connectivity index (χ4v) is 1.79. The van der Waals surface area contributed by atoms with E-state index in [4.69, 9.17) is 5.26 Å². The van der Waals surface area contributed by atoms with Gasteiger partial charge in [0.15, 0.2) is 0 Å². The highest BCUT2D eigenvalue weighted by Crippen LogP contribution is 2.22. The number of likely N-dealkylation sites (tertiary alicyclic amines) is 1. The molecule has 1 aliphatic rings. The van der Waals surface area contributed by atoms with Crippen LogP contribution in [0.5, 0.6) is 0 Å². The minimum atomic E-state index is -0.888. The van der Waals surface area contributed by atoms with E-state index >= 15 is 0 Å². The molecule has 1 heterocycles. The summed E-state index contributed by atoms with van der Waals surface area (Å²) in [4.78, 5) is 15.9. The maximum atomic E-state index is 12.0. The third-order valence-corrected chi connectivity index (χ3v) is 3.00.